The molecule has 126 valence electrons. The van der Waals surface area contributed by atoms with Gasteiger partial charge in [-0.15, -0.1) is 0 Å². The fraction of sp³-hybridized carbons (Fsp3) is 0.353. The molecule has 2 heterocycles. The van der Waals surface area contributed by atoms with Crippen LogP contribution in [0.3, 0.4) is 0 Å². The number of benzene rings is 1. The molecule has 1 unspecified atom stereocenters. The van der Waals surface area contributed by atoms with Gasteiger partial charge in [-0.3, -0.25) is 9.78 Å². The molecule has 2 N–H and O–H groups in total. The first-order valence-corrected chi connectivity index (χ1v) is 7.76. The molecule has 1 aromatic heterocycles. The van der Waals surface area contributed by atoms with Crippen molar-refractivity contribution in [2.45, 2.75) is 18.9 Å². The Morgan fingerprint density at radius 2 is 2.21 bits per heavy atom. The number of ether oxygens (including phenoxy) is 2. The number of methoxy groups -OCH3 is 1. The van der Waals surface area contributed by atoms with Crippen LogP contribution in [0.2, 0.25) is 0 Å². The summed E-state index contributed by atoms with van der Waals surface area (Å²) >= 11 is 0. The number of aromatic nitrogens is 1. The van der Waals surface area contributed by atoms with Crippen molar-refractivity contribution in [3.63, 3.8) is 0 Å². The number of rotatable bonds is 4. The second-order valence-electron chi connectivity index (χ2n) is 5.67. The summed E-state index contributed by atoms with van der Waals surface area (Å²) in [6.07, 6.45) is 2.44. The molecule has 24 heavy (non-hydrogen) atoms. The smallest absolute Gasteiger partial charge is 0.404 e. The number of fused-ring (bicyclic) bond motifs is 1. The predicted molar refractivity (Wildman–Crippen MR) is 87.9 cm³/mol. The zero-order valence-corrected chi connectivity index (χ0v) is 13.4. The van der Waals surface area contributed by atoms with Crippen LogP contribution in [0.4, 0.5) is 4.79 Å². The molecule has 1 aliphatic heterocycles. The highest BCUT2D eigenvalue weighted by Gasteiger charge is 2.31. The van der Waals surface area contributed by atoms with Crippen molar-refractivity contribution in [2.24, 2.45) is 5.73 Å². The minimum absolute atomic E-state index is 0.105. The largest absolute Gasteiger partial charge is 0.497 e. The van der Waals surface area contributed by atoms with Crippen molar-refractivity contribution in [1.29, 1.82) is 0 Å². The third-order valence-electron chi connectivity index (χ3n) is 4.24. The number of amides is 2. The van der Waals surface area contributed by atoms with Gasteiger partial charge in [-0.25, -0.2) is 4.79 Å². The van der Waals surface area contributed by atoms with Crippen molar-refractivity contribution in [1.82, 2.24) is 9.88 Å². The Kier molecular flexibility index (Phi) is 4.50. The van der Waals surface area contributed by atoms with E-state index in [4.69, 9.17) is 15.2 Å². The number of nitrogens with two attached hydrogens (primary N) is 1. The number of nitrogens with zero attached hydrogens (tertiary/aromatic N) is 2. The maximum Gasteiger partial charge on any atom is 0.404 e. The fourth-order valence-electron chi connectivity index (χ4n) is 3.05. The van der Waals surface area contributed by atoms with Gasteiger partial charge in [0.15, 0.2) is 0 Å². The topological polar surface area (TPSA) is 94.8 Å². The summed E-state index contributed by atoms with van der Waals surface area (Å²) in [6, 6.07) is 6.99. The Morgan fingerprint density at radius 3 is 2.96 bits per heavy atom. The first-order chi connectivity index (χ1) is 11.6. The maximum absolute atomic E-state index is 13.0. The summed E-state index contributed by atoms with van der Waals surface area (Å²) < 4.78 is 10.1. The van der Waals surface area contributed by atoms with Crippen LogP contribution in [0, 0.1) is 0 Å². The van der Waals surface area contributed by atoms with E-state index in [9.17, 15) is 9.59 Å². The third-order valence-corrected chi connectivity index (χ3v) is 4.24. The van der Waals surface area contributed by atoms with Crippen molar-refractivity contribution < 1.29 is 19.1 Å². The fourth-order valence-corrected chi connectivity index (χ4v) is 3.05. The summed E-state index contributed by atoms with van der Waals surface area (Å²) in [5.41, 5.74) is 6.31. The molecule has 1 fully saturated rings. The number of carbonyl (C=O) groups is 2. The van der Waals surface area contributed by atoms with Crippen molar-refractivity contribution in [2.75, 3.05) is 20.3 Å². The van der Waals surface area contributed by atoms with Crippen LogP contribution in [-0.4, -0.2) is 48.2 Å². The van der Waals surface area contributed by atoms with E-state index in [1.165, 1.54) is 0 Å². The Hall–Kier alpha value is -2.83. The van der Waals surface area contributed by atoms with E-state index in [0.717, 1.165) is 23.7 Å². The Morgan fingerprint density at radius 1 is 1.38 bits per heavy atom. The Balaban J connectivity index is 1.91. The second kappa shape index (κ2) is 6.74. The number of carbonyl (C=O) groups excluding carboxylic acids is 2. The van der Waals surface area contributed by atoms with Crippen molar-refractivity contribution in [3.05, 3.63) is 36.0 Å². The summed E-state index contributed by atoms with van der Waals surface area (Å²) in [7, 11) is 1.58. The van der Waals surface area contributed by atoms with Gasteiger partial charge in [-0.2, -0.15) is 0 Å². The monoisotopic (exact) mass is 329 g/mol. The standard InChI is InChI=1S/C17H19N3O4/c1-23-12-4-5-15-14(9-12)13(6-7-19-15)16(21)20-8-2-3-11(20)10-24-17(18)22/h4-7,9,11H,2-3,8,10H2,1H3,(H2,18,22). The predicted octanol–water partition coefficient (Wildman–Crippen LogP) is 1.94. The highest BCUT2D eigenvalue weighted by Crippen LogP contribution is 2.26. The average molecular weight is 329 g/mol. The normalized spacial score (nSPS) is 17.0. The van der Waals surface area contributed by atoms with E-state index in [-0.39, 0.29) is 18.6 Å². The van der Waals surface area contributed by atoms with E-state index in [1.54, 1.807) is 30.3 Å². The van der Waals surface area contributed by atoms with Gasteiger partial charge in [-0.05, 0) is 37.1 Å². The molecule has 0 saturated carbocycles. The van der Waals surface area contributed by atoms with Gasteiger partial charge in [0.1, 0.15) is 12.4 Å². The molecule has 7 heteroatoms. The highest BCUT2D eigenvalue weighted by molar-refractivity contribution is 6.06. The highest BCUT2D eigenvalue weighted by atomic mass is 16.5. The van der Waals surface area contributed by atoms with Crippen LogP contribution in [0.1, 0.15) is 23.2 Å². The molecule has 2 amide bonds. The summed E-state index contributed by atoms with van der Waals surface area (Å²) in [5.74, 6) is 0.561. The molecular formula is C17H19N3O4. The van der Waals surface area contributed by atoms with Crippen LogP contribution in [0.25, 0.3) is 10.9 Å². The van der Waals surface area contributed by atoms with Crippen molar-refractivity contribution in [3.8, 4) is 5.75 Å². The number of likely N-dealkylation sites (tertiary alicyclic amines) is 1. The lowest BCUT2D eigenvalue weighted by atomic mass is 10.1. The van der Waals surface area contributed by atoms with Crippen LogP contribution < -0.4 is 10.5 Å². The number of hydrogen-bond acceptors (Lipinski definition) is 5. The Bertz CT molecular complexity index is 778. The molecule has 2 aromatic rings. The molecule has 1 aromatic carbocycles. The van der Waals surface area contributed by atoms with E-state index in [2.05, 4.69) is 4.98 Å². The van der Waals surface area contributed by atoms with Crippen LogP contribution in [0.5, 0.6) is 5.75 Å². The van der Waals surface area contributed by atoms with Gasteiger partial charge in [0, 0.05) is 18.1 Å². The van der Waals surface area contributed by atoms with Gasteiger partial charge in [0.05, 0.1) is 24.2 Å². The molecular weight excluding hydrogens is 310 g/mol. The second-order valence-corrected chi connectivity index (χ2v) is 5.67. The molecule has 0 aliphatic carbocycles. The molecule has 3 rings (SSSR count). The SMILES string of the molecule is COc1ccc2nccc(C(=O)N3CCCC3COC(N)=O)c2c1. The molecule has 0 radical (unpaired) electrons. The minimum atomic E-state index is -0.826. The molecule has 7 nitrogen and oxygen atoms in total. The zero-order chi connectivity index (χ0) is 17.1. The average Bonchev–Trinajstić information content (AvgIpc) is 3.06. The van der Waals surface area contributed by atoms with Crippen LogP contribution in [0.15, 0.2) is 30.5 Å². The lowest BCUT2D eigenvalue weighted by Gasteiger charge is -2.24. The molecule has 1 atom stereocenters. The van der Waals surface area contributed by atoms with E-state index < -0.39 is 6.09 Å². The van der Waals surface area contributed by atoms with Crippen LogP contribution >= 0.6 is 0 Å². The minimum Gasteiger partial charge on any atom is -0.497 e. The van der Waals surface area contributed by atoms with E-state index in [1.807, 2.05) is 12.1 Å². The molecule has 1 saturated heterocycles. The quantitative estimate of drug-likeness (QED) is 0.925. The molecule has 0 spiro atoms. The van der Waals surface area contributed by atoms with Gasteiger partial charge in [0.2, 0.25) is 0 Å². The lowest BCUT2D eigenvalue weighted by molar-refractivity contribution is 0.0648. The number of primary amides is 1. The first-order valence-electron chi connectivity index (χ1n) is 7.76. The number of hydrogen-bond donors (Lipinski definition) is 1. The zero-order valence-electron chi connectivity index (χ0n) is 13.4. The maximum atomic E-state index is 13.0. The Labute approximate surface area is 139 Å². The summed E-state index contributed by atoms with van der Waals surface area (Å²) in [4.78, 5) is 29.8. The van der Waals surface area contributed by atoms with Gasteiger partial charge < -0.3 is 20.1 Å². The van der Waals surface area contributed by atoms with E-state index >= 15 is 0 Å². The molecule has 1 aliphatic rings. The van der Waals surface area contributed by atoms with Crippen molar-refractivity contribution >= 4 is 22.9 Å². The van der Waals surface area contributed by atoms with Crippen LogP contribution in [-0.2, 0) is 4.74 Å². The van der Waals surface area contributed by atoms with Gasteiger partial charge in [-0.1, -0.05) is 0 Å². The van der Waals surface area contributed by atoms with E-state index in [0.29, 0.717) is 17.9 Å². The molecule has 0 bridgehead atoms. The first kappa shape index (κ1) is 16.0. The van der Waals surface area contributed by atoms with Gasteiger partial charge >= 0.3 is 6.09 Å². The summed E-state index contributed by atoms with van der Waals surface area (Å²) in [6.45, 7) is 0.743. The summed E-state index contributed by atoms with van der Waals surface area (Å²) in [5, 5.41) is 0.739. The number of pyridine rings is 1. The lowest BCUT2D eigenvalue weighted by Crippen LogP contribution is -2.39. The third kappa shape index (κ3) is 3.10. The van der Waals surface area contributed by atoms with Gasteiger partial charge in [0.25, 0.3) is 5.91 Å².